The third-order valence-corrected chi connectivity index (χ3v) is 1.16. The molecule has 0 unspecified atom stereocenters. The highest BCUT2D eigenvalue weighted by Gasteiger charge is 1.95. The Morgan fingerprint density at radius 3 is 3.25 bits per heavy atom. The fourth-order valence-corrected chi connectivity index (χ4v) is 0.659. The van der Waals surface area contributed by atoms with Crippen molar-refractivity contribution in [2.75, 3.05) is 19.0 Å². The number of aromatic nitrogens is 2. The predicted octanol–water partition coefficient (Wildman–Crippen LogP) is 0.530. The maximum atomic E-state index is 5.07. The lowest BCUT2D eigenvalue weighted by molar-refractivity contribution is 0.355. The number of nitrogens with zero attached hydrogens (tertiary/aromatic N) is 2. The number of hydrogen-bond acceptors (Lipinski definition) is 4. The van der Waals surface area contributed by atoms with Crippen LogP contribution in [0.1, 0.15) is 0 Å². The lowest BCUT2D eigenvalue weighted by atomic mass is 10.6. The largest absolute Gasteiger partial charge is 0.464 e. The smallest absolute Gasteiger partial charge is 0.225 e. The molecule has 0 aliphatic rings. The van der Waals surface area contributed by atoms with Crippen molar-refractivity contribution in [3.05, 3.63) is 12.3 Å². The number of rotatable bonds is 3. The SMILES string of the molecule is C#CCOc1ccnc(NC)n1. The molecule has 1 aromatic rings. The van der Waals surface area contributed by atoms with Crippen LogP contribution in [0.2, 0.25) is 0 Å². The zero-order valence-corrected chi connectivity index (χ0v) is 6.74. The van der Waals surface area contributed by atoms with Crippen LogP contribution in [0.3, 0.4) is 0 Å². The van der Waals surface area contributed by atoms with E-state index < -0.39 is 0 Å². The van der Waals surface area contributed by atoms with Gasteiger partial charge in [0, 0.05) is 19.3 Å². The van der Waals surface area contributed by atoms with Crippen molar-refractivity contribution in [1.29, 1.82) is 0 Å². The fourth-order valence-electron chi connectivity index (χ4n) is 0.659. The van der Waals surface area contributed by atoms with Gasteiger partial charge in [0.2, 0.25) is 11.8 Å². The Morgan fingerprint density at radius 2 is 2.58 bits per heavy atom. The van der Waals surface area contributed by atoms with Crippen molar-refractivity contribution in [2.45, 2.75) is 0 Å². The van der Waals surface area contributed by atoms with Gasteiger partial charge in [0.05, 0.1) is 0 Å². The van der Waals surface area contributed by atoms with E-state index in [0.717, 1.165) is 0 Å². The van der Waals surface area contributed by atoms with Crippen molar-refractivity contribution >= 4 is 5.95 Å². The topological polar surface area (TPSA) is 47.0 Å². The minimum absolute atomic E-state index is 0.222. The Bertz CT molecular complexity index is 293. The molecule has 1 N–H and O–H groups in total. The normalized spacial score (nSPS) is 8.67. The van der Waals surface area contributed by atoms with Gasteiger partial charge in [0.25, 0.3) is 0 Å². The minimum Gasteiger partial charge on any atom is -0.464 e. The Hall–Kier alpha value is -1.76. The van der Waals surface area contributed by atoms with Gasteiger partial charge >= 0.3 is 0 Å². The van der Waals surface area contributed by atoms with E-state index in [2.05, 4.69) is 21.2 Å². The second kappa shape index (κ2) is 4.19. The van der Waals surface area contributed by atoms with Crippen LogP contribution < -0.4 is 10.1 Å². The molecule has 12 heavy (non-hydrogen) atoms. The van der Waals surface area contributed by atoms with Crippen LogP contribution in [0.5, 0.6) is 5.88 Å². The number of nitrogens with one attached hydrogen (secondary N) is 1. The quantitative estimate of drug-likeness (QED) is 0.660. The first-order chi connectivity index (χ1) is 5.86. The molecule has 1 rings (SSSR count). The van der Waals surface area contributed by atoms with E-state index in [1.54, 1.807) is 19.3 Å². The molecule has 4 heteroatoms. The van der Waals surface area contributed by atoms with Gasteiger partial charge in [-0.25, -0.2) is 4.98 Å². The van der Waals surface area contributed by atoms with E-state index in [1.807, 2.05) is 0 Å². The molecule has 62 valence electrons. The van der Waals surface area contributed by atoms with Gasteiger partial charge in [-0.05, 0) is 0 Å². The standard InChI is InChI=1S/C8H9N3O/c1-3-6-12-7-4-5-10-8(9-2)11-7/h1,4-5H,6H2,2H3,(H,9,10,11). The molecule has 0 amide bonds. The zero-order chi connectivity index (χ0) is 8.81. The van der Waals surface area contributed by atoms with Gasteiger partial charge in [-0.1, -0.05) is 5.92 Å². The number of terminal acetylenes is 1. The predicted molar refractivity (Wildman–Crippen MR) is 45.9 cm³/mol. The van der Waals surface area contributed by atoms with Gasteiger partial charge in [-0.15, -0.1) is 6.42 Å². The summed E-state index contributed by atoms with van der Waals surface area (Å²) in [7, 11) is 1.74. The summed E-state index contributed by atoms with van der Waals surface area (Å²) < 4.78 is 5.07. The molecule has 4 nitrogen and oxygen atoms in total. The van der Waals surface area contributed by atoms with Crippen molar-refractivity contribution in [1.82, 2.24) is 9.97 Å². The minimum atomic E-state index is 0.222. The van der Waals surface area contributed by atoms with Crippen LogP contribution in [-0.4, -0.2) is 23.6 Å². The summed E-state index contributed by atoms with van der Waals surface area (Å²) in [6.07, 6.45) is 6.61. The highest BCUT2D eigenvalue weighted by Crippen LogP contribution is 2.06. The first-order valence-corrected chi connectivity index (χ1v) is 3.44. The lowest BCUT2D eigenvalue weighted by Gasteiger charge is -2.01. The summed E-state index contributed by atoms with van der Waals surface area (Å²) in [5.74, 6) is 3.35. The van der Waals surface area contributed by atoms with Gasteiger partial charge in [-0.3, -0.25) is 0 Å². The summed E-state index contributed by atoms with van der Waals surface area (Å²) in [5, 5.41) is 2.79. The van der Waals surface area contributed by atoms with Crippen molar-refractivity contribution in [3.8, 4) is 18.2 Å². The third-order valence-electron chi connectivity index (χ3n) is 1.16. The molecule has 0 radical (unpaired) electrons. The molecule has 1 aromatic heterocycles. The highest BCUT2D eigenvalue weighted by molar-refractivity contribution is 5.26. The van der Waals surface area contributed by atoms with Crippen LogP contribution in [0.15, 0.2) is 12.3 Å². The lowest BCUT2D eigenvalue weighted by Crippen LogP contribution is -2.00. The molecule has 0 aliphatic carbocycles. The van der Waals surface area contributed by atoms with Gasteiger partial charge in [0.15, 0.2) is 6.61 Å². The van der Waals surface area contributed by atoms with E-state index >= 15 is 0 Å². The molecular formula is C8H9N3O. The summed E-state index contributed by atoms with van der Waals surface area (Å²) in [6.45, 7) is 0.222. The molecule has 0 spiro atoms. The molecule has 1 heterocycles. The summed E-state index contributed by atoms with van der Waals surface area (Å²) in [6, 6.07) is 1.65. The Labute approximate surface area is 71.0 Å². The second-order valence-corrected chi connectivity index (χ2v) is 1.96. The Morgan fingerprint density at radius 1 is 1.75 bits per heavy atom. The zero-order valence-electron chi connectivity index (χ0n) is 6.74. The van der Waals surface area contributed by atoms with E-state index in [9.17, 15) is 0 Å². The van der Waals surface area contributed by atoms with E-state index in [0.29, 0.717) is 11.8 Å². The van der Waals surface area contributed by atoms with Crippen molar-refractivity contribution in [2.24, 2.45) is 0 Å². The number of hydrogen-bond donors (Lipinski definition) is 1. The Balaban J connectivity index is 2.67. The van der Waals surface area contributed by atoms with Gasteiger partial charge in [-0.2, -0.15) is 4.98 Å². The molecule has 0 saturated carbocycles. The fraction of sp³-hybridized carbons (Fsp3) is 0.250. The third kappa shape index (κ3) is 2.13. The molecule has 0 bridgehead atoms. The average Bonchev–Trinajstić information content (AvgIpc) is 2.15. The molecule has 0 aromatic carbocycles. The molecule has 0 fully saturated rings. The number of ether oxygens (including phenoxy) is 1. The summed E-state index contributed by atoms with van der Waals surface area (Å²) >= 11 is 0. The van der Waals surface area contributed by atoms with Crippen LogP contribution in [-0.2, 0) is 0 Å². The second-order valence-electron chi connectivity index (χ2n) is 1.96. The Kier molecular flexibility index (Phi) is 2.91. The first-order valence-electron chi connectivity index (χ1n) is 3.44. The summed E-state index contributed by atoms with van der Waals surface area (Å²) in [5.41, 5.74) is 0. The average molecular weight is 163 g/mol. The monoisotopic (exact) mass is 163 g/mol. The van der Waals surface area contributed by atoms with E-state index in [-0.39, 0.29) is 6.61 Å². The molecule has 0 saturated heterocycles. The van der Waals surface area contributed by atoms with Gasteiger partial charge in [0.1, 0.15) is 0 Å². The maximum Gasteiger partial charge on any atom is 0.225 e. The van der Waals surface area contributed by atoms with Crippen LogP contribution in [0.4, 0.5) is 5.95 Å². The first kappa shape index (κ1) is 8.34. The molecular weight excluding hydrogens is 154 g/mol. The maximum absolute atomic E-state index is 5.07. The van der Waals surface area contributed by atoms with Crippen LogP contribution in [0, 0.1) is 12.3 Å². The van der Waals surface area contributed by atoms with Crippen LogP contribution in [0.25, 0.3) is 0 Å². The van der Waals surface area contributed by atoms with Crippen molar-refractivity contribution < 1.29 is 4.74 Å². The molecule has 0 aliphatic heterocycles. The van der Waals surface area contributed by atoms with Crippen molar-refractivity contribution in [3.63, 3.8) is 0 Å². The summed E-state index contributed by atoms with van der Waals surface area (Å²) in [4.78, 5) is 7.90. The van der Waals surface area contributed by atoms with E-state index in [1.165, 1.54) is 0 Å². The van der Waals surface area contributed by atoms with Crippen LogP contribution >= 0.6 is 0 Å². The van der Waals surface area contributed by atoms with Gasteiger partial charge < -0.3 is 10.1 Å². The highest BCUT2D eigenvalue weighted by atomic mass is 16.5. The van der Waals surface area contributed by atoms with E-state index in [4.69, 9.17) is 11.2 Å². The molecule has 0 atom stereocenters. The number of anilines is 1.